The Morgan fingerprint density at radius 2 is 1.84 bits per heavy atom. The molecule has 1 aliphatic rings. The van der Waals surface area contributed by atoms with Crippen molar-refractivity contribution in [1.29, 1.82) is 0 Å². The minimum absolute atomic E-state index is 0.0427. The first-order chi connectivity index (χ1) is 8.91. The summed E-state index contributed by atoms with van der Waals surface area (Å²) in [6, 6.07) is 2.06. The van der Waals surface area contributed by atoms with Crippen molar-refractivity contribution in [3.8, 4) is 0 Å². The third kappa shape index (κ3) is 2.72. The fourth-order valence-corrected chi connectivity index (χ4v) is 2.73. The second-order valence-electron chi connectivity index (χ2n) is 5.21. The van der Waals surface area contributed by atoms with Crippen LogP contribution >= 0.6 is 11.6 Å². The van der Waals surface area contributed by atoms with Crippen LogP contribution in [0.25, 0.3) is 0 Å². The molecule has 1 heterocycles. The van der Waals surface area contributed by atoms with Crippen LogP contribution in [0, 0.1) is 5.82 Å². The number of rotatable bonds is 2. The molecule has 4 N–H and O–H groups in total. The van der Waals surface area contributed by atoms with E-state index in [0.717, 1.165) is 25.9 Å². The quantitative estimate of drug-likeness (QED) is 0.818. The zero-order chi connectivity index (χ0) is 14.2. The average molecular weight is 287 g/mol. The van der Waals surface area contributed by atoms with Gasteiger partial charge in [0.2, 0.25) is 0 Å². The lowest BCUT2D eigenvalue weighted by Gasteiger charge is -2.37. The number of nitrogens with zero attached hydrogens (tertiary/aromatic N) is 2. The van der Waals surface area contributed by atoms with E-state index in [2.05, 4.69) is 19.0 Å². The number of nitrogens with two attached hydrogens (primary N) is 2. The number of hydrogen-bond acceptors (Lipinski definition) is 4. The molecule has 0 aliphatic carbocycles. The molecular weight excluding hydrogens is 267 g/mol. The highest BCUT2D eigenvalue weighted by atomic mass is 35.5. The first-order valence-corrected chi connectivity index (χ1v) is 6.74. The van der Waals surface area contributed by atoms with Crippen molar-refractivity contribution in [3.05, 3.63) is 16.9 Å². The van der Waals surface area contributed by atoms with Crippen molar-refractivity contribution in [2.75, 3.05) is 43.6 Å². The maximum atomic E-state index is 14.2. The van der Waals surface area contributed by atoms with Crippen LogP contribution in [0.2, 0.25) is 5.02 Å². The van der Waals surface area contributed by atoms with Crippen molar-refractivity contribution in [3.63, 3.8) is 0 Å². The topological polar surface area (TPSA) is 58.5 Å². The van der Waals surface area contributed by atoms with E-state index in [4.69, 9.17) is 23.1 Å². The molecule has 0 atom stereocenters. The van der Waals surface area contributed by atoms with Gasteiger partial charge in [-0.15, -0.1) is 0 Å². The molecule has 0 unspecified atom stereocenters. The lowest BCUT2D eigenvalue weighted by atomic mass is 10.0. The fourth-order valence-electron chi connectivity index (χ4n) is 2.58. The van der Waals surface area contributed by atoms with E-state index in [9.17, 15) is 4.39 Å². The molecule has 106 valence electrons. The van der Waals surface area contributed by atoms with Gasteiger partial charge in [-0.3, -0.25) is 0 Å². The van der Waals surface area contributed by atoms with Gasteiger partial charge in [0.25, 0.3) is 0 Å². The molecule has 0 saturated carbocycles. The van der Waals surface area contributed by atoms with E-state index in [1.54, 1.807) is 0 Å². The number of nitrogen functional groups attached to an aromatic ring is 2. The Morgan fingerprint density at radius 3 is 2.37 bits per heavy atom. The van der Waals surface area contributed by atoms with Gasteiger partial charge in [0, 0.05) is 19.1 Å². The molecule has 1 fully saturated rings. The lowest BCUT2D eigenvalue weighted by molar-refractivity contribution is 0.249. The molecule has 2 rings (SSSR count). The summed E-state index contributed by atoms with van der Waals surface area (Å²) in [6.45, 7) is 1.54. The van der Waals surface area contributed by atoms with Crippen LogP contribution in [0.4, 0.5) is 21.5 Å². The predicted molar refractivity (Wildman–Crippen MR) is 79.2 cm³/mol. The van der Waals surface area contributed by atoms with Crippen molar-refractivity contribution < 1.29 is 4.39 Å². The minimum Gasteiger partial charge on any atom is -0.397 e. The molecule has 0 amide bonds. The molecule has 1 aromatic rings. The fraction of sp³-hybridized carbons (Fsp3) is 0.538. The third-order valence-electron chi connectivity index (χ3n) is 3.75. The van der Waals surface area contributed by atoms with Gasteiger partial charge in [0.05, 0.1) is 17.1 Å². The Kier molecular flexibility index (Phi) is 4.06. The summed E-state index contributed by atoms with van der Waals surface area (Å²) in [5.74, 6) is -0.512. The summed E-state index contributed by atoms with van der Waals surface area (Å²) in [5, 5.41) is -0.0427. The van der Waals surface area contributed by atoms with Crippen LogP contribution in [-0.2, 0) is 0 Å². The van der Waals surface area contributed by atoms with E-state index in [0.29, 0.717) is 17.4 Å². The number of benzene rings is 1. The van der Waals surface area contributed by atoms with Crippen molar-refractivity contribution in [2.24, 2.45) is 0 Å². The van der Waals surface area contributed by atoms with E-state index < -0.39 is 5.82 Å². The van der Waals surface area contributed by atoms with Crippen LogP contribution in [0.5, 0.6) is 0 Å². The molecular formula is C13H20ClFN4. The van der Waals surface area contributed by atoms with Gasteiger partial charge >= 0.3 is 0 Å². The minimum atomic E-state index is -0.512. The highest BCUT2D eigenvalue weighted by Gasteiger charge is 2.25. The largest absolute Gasteiger partial charge is 0.397 e. The molecule has 19 heavy (non-hydrogen) atoms. The molecule has 4 nitrogen and oxygen atoms in total. The van der Waals surface area contributed by atoms with Gasteiger partial charge in [-0.2, -0.15) is 0 Å². The van der Waals surface area contributed by atoms with Crippen LogP contribution < -0.4 is 16.4 Å². The number of piperidine rings is 1. The second kappa shape index (κ2) is 5.43. The molecule has 1 aromatic carbocycles. The first-order valence-electron chi connectivity index (χ1n) is 6.36. The van der Waals surface area contributed by atoms with Crippen LogP contribution in [0.15, 0.2) is 6.07 Å². The van der Waals surface area contributed by atoms with Gasteiger partial charge in [0.1, 0.15) is 5.02 Å². The van der Waals surface area contributed by atoms with Gasteiger partial charge in [-0.25, -0.2) is 4.39 Å². The predicted octanol–water partition coefficient (Wildman–Crippen LogP) is 2.17. The molecule has 6 heteroatoms. The van der Waals surface area contributed by atoms with Crippen molar-refractivity contribution in [2.45, 2.75) is 18.9 Å². The Labute approximate surface area is 118 Å². The van der Waals surface area contributed by atoms with Gasteiger partial charge in [-0.1, -0.05) is 11.6 Å². The molecule has 0 spiro atoms. The number of hydrogen-bond donors (Lipinski definition) is 2. The normalized spacial score (nSPS) is 17.2. The number of anilines is 3. The molecule has 1 saturated heterocycles. The van der Waals surface area contributed by atoms with E-state index in [1.165, 1.54) is 6.07 Å². The Hall–Kier alpha value is -1.20. The summed E-state index contributed by atoms with van der Waals surface area (Å²) >= 11 is 5.86. The summed E-state index contributed by atoms with van der Waals surface area (Å²) in [4.78, 5) is 4.16. The van der Waals surface area contributed by atoms with Crippen LogP contribution in [-0.4, -0.2) is 38.1 Å². The first kappa shape index (κ1) is 14.2. The van der Waals surface area contributed by atoms with Crippen LogP contribution in [0.3, 0.4) is 0 Å². The zero-order valence-corrected chi connectivity index (χ0v) is 12.0. The maximum absolute atomic E-state index is 14.2. The summed E-state index contributed by atoms with van der Waals surface area (Å²) in [5.41, 5.74) is 12.4. The Bertz CT molecular complexity index is 470. The monoisotopic (exact) mass is 286 g/mol. The standard InChI is InChI=1S/C13H20ClFN4/c1-18(2)8-3-5-19(6-4-8)13-10(17)7-9(16)11(14)12(13)15/h7-8H,3-6,16-17H2,1-2H3. The van der Waals surface area contributed by atoms with Crippen molar-refractivity contribution >= 4 is 28.7 Å². The molecule has 0 aromatic heterocycles. The van der Waals surface area contributed by atoms with Gasteiger partial charge < -0.3 is 21.3 Å². The number of halogens is 2. The lowest BCUT2D eigenvalue weighted by Crippen LogP contribution is -2.42. The van der Waals surface area contributed by atoms with Gasteiger partial charge in [0.15, 0.2) is 5.82 Å². The molecule has 1 aliphatic heterocycles. The molecule has 0 bridgehead atoms. The SMILES string of the molecule is CN(C)C1CCN(c2c(N)cc(N)c(Cl)c2F)CC1. The van der Waals surface area contributed by atoms with Gasteiger partial charge in [-0.05, 0) is 33.0 Å². The third-order valence-corrected chi connectivity index (χ3v) is 4.13. The van der Waals surface area contributed by atoms with Crippen molar-refractivity contribution in [1.82, 2.24) is 4.90 Å². The molecule has 0 radical (unpaired) electrons. The highest BCUT2D eigenvalue weighted by Crippen LogP contribution is 2.37. The second-order valence-corrected chi connectivity index (χ2v) is 5.59. The maximum Gasteiger partial charge on any atom is 0.169 e. The van der Waals surface area contributed by atoms with Crippen LogP contribution in [0.1, 0.15) is 12.8 Å². The summed E-state index contributed by atoms with van der Waals surface area (Å²) in [6.07, 6.45) is 1.96. The Morgan fingerprint density at radius 1 is 1.26 bits per heavy atom. The summed E-state index contributed by atoms with van der Waals surface area (Å²) < 4.78 is 14.2. The Balaban J connectivity index is 2.23. The smallest absolute Gasteiger partial charge is 0.169 e. The highest BCUT2D eigenvalue weighted by molar-refractivity contribution is 6.33. The summed E-state index contributed by atoms with van der Waals surface area (Å²) in [7, 11) is 4.13. The zero-order valence-electron chi connectivity index (χ0n) is 11.3. The van der Waals surface area contributed by atoms with E-state index in [1.807, 2.05) is 4.90 Å². The average Bonchev–Trinajstić information content (AvgIpc) is 2.37. The van der Waals surface area contributed by atoms with E-state index >= 15 is 0 Å². The van der Waals surface area contributed by atoms with E-state index in [-0.39, 0.29) is 10.7 Å².